The fourth-order valence-electron chi connectivity index (χ4n) is 3.30. The molecule has 2 heterocycles. The summed E-state index contributed by atoms with van der Waals surface area (Å²) in [6.45, 7) is 6.81. The Morgan fingerprint density at radius 1 is 1.25 bits per heavy atom. The number of carbonyl (C=O) groups is 1. The van der Waals surface area contributed by atoms with Gasteiger partial charge in [0.2, 0.25) is 5.91 Å². The molecule has 1 amide bonds. The number of carbonyl (C=O) groups excluding carboxylic acids is 1. The van der Waals surface area contributed by atoms with Crippen LogP contribution < -0.4 is 5.32 Å². The SMILES string of the molecule is Cc1noc(C)c1CC(=O)N[C@H](CN1CCCC1)c1ccccc1. The van der Waals surface area contributed by atoms with Gasteiger partial charge in [-0.2, -0.15) is 0 Å². The van der Waals surface area contributed by atoms with Crippen molar-refractivity contribution >= 4 is 5.91 Å². The molecular formula is C19H25N3O2. The van der Waals surface area contributed by atoms with Crippen molar-refractivity contribution in [1.82, 2.24) is 15.4 Å². The molecule has 0 unspecified atom stereocenters. The van der Waals surface area contributed by atoms with Gasteiger partial charge in [-0.25, -0.2) is 0 Å². The van der Waals surface area contributed by atoms with Gasteiger partial charge in [-0.1, -0.05) is 35.5 Å². The molecule has 3 rings (SSSR count). The second kappa shape index (κ2) is 7.62. The van der Waals surface area contributed by atoms with Crippen molar-refractivity contribution in [2.24, 2.45) is 0 Å². The molecule has 1 atom stereocenters. The summed E-state index contributed by atoms with van der Waals surface area (Å²) >= 11 is 0. The highest BCUT2D eigenvalue weighted by Gasteiger charge is 2.22. The third-order valence-corrected chi connectivity index (χ3v) is 4.70. The van der Waals surface area contributed by atoms with Gasteiger partial charge in [-0.05, 0) is 45.3 Å². The number of aromatic nitrogens is 1. The van der Waals surface area contributed by atoms with Gasteiger partial charge < -0.3 is 14.7 Å². The fraction of sp³-hybridized carbons (Fsp3) is 0.474. The molecule has 0 bridgehead atoms. The first kappa shape index (κ1) is 16.7. The number of hydrogen-bond donors (Lipinski definition) is 1. The predicted molar refractivity (Wildman–Crippen MR) is 92.7 cm³/mol. The van der Waals surface area contributed by atoms with Crippen LogP contribution in [0.2, 0.25) is 0 Å². The number of amides is 1. The molecule has 1 saturated heterocycles. The van der Waals surface area contributed by atoms with E-state index in [2.05, 4.69) is 27.5 Å². The standard InChI is InChI=1S/C19H25N3O2/c1-14-17(15(2)24-21-14)12-19(23)20-18(13-22-10-6-7-11-22)16-8-4-3-5-9-16/h3-5,8-9,18H,6-7,10-13H2,1-2H3,(H,20,23)/t18-/m1/s1. The third kappa shape index (κ3) is 4.03. The topological polar surface area (TPSA) is 58.4 Å². The normalized spacial score (nSPS) is 16.2. The summed E-state index contributed by atoms with van der Waals surface area (Å²) in [5.41, 5.74) is 2.83. The zero-order valence-corrected chi connectivity index (χ0v) is 14.4. The summed E-state index contributed by atoms with van der Waals surface area (Å²) in [7, 11) is 0. The van der Waals surface area contributed by atoms with Crippen LogP contribution in [0.4, 0.5) is 0 Å². The largest absolute Gasteiger partial charge is 0.361 e. The lowest BCUT2D eigenvalue weighted by molar-refractivity contribution is -0.121. The summed E-state index contributed by atoms with van der Waals surface area (Å²) in [5, 5.41) is 7.13. The molecule has 1 aliphatic rings. The first-order valence-corrected chi connectivity index (χ1v) is 8.62. The van der Waals surface area contributed by atoms with Crippen LogP contribution in [-0.4, -0.2) is 35.6 Å². The zero-order chi connectivity index (χ0) is 16.9. The minimum atomic E-state index is 0.0114. The van der Waals surface area contributed by atoms with E-state index in [1.54, 1.807) is 0 Å². The van der Waals surface area contributed by atoms with Crippen LogP contribution in [0, 0.1) is 13.8 Å². The number of nitrogens with zero attached hydrogens (tertiary/aromatic N) is 2. The van der Waals surface area contributed by atoms with Crippen LogP contribution in [0.3, 0.4) is 0 Å². The highest BCUT2D eigenvalue weighted by Crippen LogP contribution is 2.19. The monoisotopic (exact) mass is 327 g/mol. The van der Waals surface area contributed by atoms with Gasteiger partial charge in [0.05, 0.1) is 18.2 Å². The van der Waals surface area contributed by atoms with E-state index in [1.165, 1.54) is 12.8 Å². The van der Waals surface area contributed by atoms with Gasteiger partial charge in [-0.3, -0.25) is 4.79 Å². The highest BCUT2D eigenvalue weighted by atomic mass is 16.5. The van der Waals surface area contributed by atoms with Crippen molar-refractivity contribution in [1.29, 1.82) is 0 Å². The Morgan fingerprint density at radius 2 is 1.96 bits per heavy atom. The maximum absolute atomic E-state index is 12.6. The lowest BCUT2D eigenvalue weighted by Crippen LogP contribution is -2.37. The van der Waals surface area contributed by atoms with Crippen LogP contribution in [0.5, 0.6) is 0 Å². The summed E-state index contributed by atoms with van der Waals surface area (Å²) in [5.74, 6) is 0.732. The minimum absolute atomic E-state index is 0.0114. The molecule has 2 aromatic rings. The molecule has 0 spiro atoms. The molecule has 1 aliphatic heterocycles. The van der Waals surface area contributed by atoms with E-state index in [0.29, 0.717) is 6.42 Å². The van der Waals surface area contributed by atoms with Crippen molar-refractivity contribution in [3.05, 3.63) is 52.9 Å². The van der Waals surface area contributed by atoms with E-state index in [0.717, 1.165) is 42.2 Å². The Labute approximate surface area is 143 Å². The first-order valence-electron chi connectivity index (χ1n) is 8.62. The third-order valence-electron chi connectivity index (χ3n) is 4.70. The molecule has 5 nitrogen and oxygen atoms in total. The van der Waals surface area contributed by atoms with Crippen LogP contribution in [0.25, 0.3) is 0 Å². The van der Waals surface area contributed by atoms with Crippen molar-refractivity contribution in [2.75, 3.05) is 19.6 Å². The number of aryl methyl sites for hydroxylation is 2. The van der Waals surface area contributed by atoms with Crippen molar-refractivity contribution in [3.63, 3.8) is 0 Å². The molecule has 1 fully saturated rings. The van der Waals surface area contributed by atoms with Gasteiger partial charge in [0, 0.05) is 12.1 Å². The minimum Gasteiger partial charge on any atom is -0.361 e. The van der Waals surface area contributed by atoms with E-state index in [9.17, 15) is 4.79 Å². The van der Waals surface area contributed by atoms with Gasteiger partial charge in [0.15, 0.2) is 0 Å². The Kier molecular flexibility index (Phi) is 5.30. The summed E-state index contributed by atoms with van der Waals surface area (Å²) in [6, 6.07) is 10.2. The average Bonchev–Trinajstić information content (AvgIpc) is 3.20. The van der Waals surface area contributed by atoms with E-state index in [1.807, 2.05) is 32.0 Å². The molecule has 0 saturated carbocycles. The van der Waals surface area contributed by atoms with E-state index >= 15 is 0 Å². The molecule has 0 radical (unpaired) electrons. The van der Waals surface area contributed by atoms with Gasteiger partial charge in [0.1, 0.15) is 5.76 Å². The molecule has 0 aliphatic carbocycles. The van der Waals surface area contributed by atoms with Gasteiger partial charge in [-0.15, -0.1) is 0 Å². The lowest BCUT2D eigenvalue weighted by Gasteiger charge is -2.25. The van der Waals surface area contributed by atoms with Crippen molar-refractivity contribution < 1.29 is 9.32 Å². The molecule has 1 N–H and O–H groups in total. The van der Waals surface area contributed by atoms with Crippen LogP contribution >= 0.6 is 0 Å². The van der Waals surface area contributed by atoms with Crippen LogP contribution in [0.15, 0.2) is 34.9 Å². The summed E-state index contributed by atoms with van der Waals surface area (Å²) < 4.78 is 5.16. The zero-order valence-electron chi connectivity index (χ0n) is 14.4. The molecule has 1 aromatic heterocycles. The molecule has 5 heteroatoms. The average molecular weight is 327 g/mol. The number of likely N-dealkylation sites (tertiary alicyclic amines) is 1. The van der Waals surface area contributed by atoms with Gasteiger partial charge in [0.25, 0.3) is 0 Å². The van der Waals surface area contributed by atoms with E-state index in [-0.39, 0.29) is 11.9 Å². The summed E-state index contributed by atoms with van der Waals surface area (Å²) in [6.07, 6.45) is 2.80. The number of rotatable bonds is 6. The smallest absolute Gasteiger partial charge is 0.225 e. The highest BCUT2D eigenvalue weighted by molar-refractivity contribution is 5.79. The van der Waals surface area contributed by atoms with Crippen molar-refractivity contribution in [2.45, 2.75) is 39.2 Å². The van der Waals surface area contributed by atoms with Crippen molar-refractivity contribution in [3.8, 4) is 0 Å². The van der Waals surface area contributed by atoms with E-state index < -0.39 is 0 Å². The first-order chi connectivity index (χ1) is 11.6. The van der Waals surface area contributed by atoms with Crippen LogP contribution in [0.1, 0.15) is 41.5 Å². The van der Waals surface area contributed by atoms with Gasteiger partial charge >= 0.3 is 0 Å². The summed E-state index contributed by atoms with van der Waals surface area (Å²) in [4.78, 5) is 15.0. The second-order valence-electron chi connectivity index (χ2n) is 6.52. The lowest BCUT2D eigenvalue weighted by atomic mass is 10.1. The Hall–Kier alpha value is -2.14. The van der Waals surface area contributed by atoms with E-state index in [4.69, 9.17) is 4.52 Å². The Balaban J connectivity index is 1.69. The number of nitrogens with one attached hydrogen (secondary N) is 1. The maximum Gasteiger partial charge on any atom is 0.225 e. The fourth-order valence-corrected chi connectivity index (χ4v) is 3.30. The molecular weight excluding hydrogens is 302 g/mol. The maximum atomic E-state index is 12.6. The molecule has 128 valence electrons. The molecule has 24 heavy (non-hydrogen) atoms. The predicted octanol–water partition coefficient (Wildman–Crippen LogP) is 2.79. The Morgan fingerprint density at radius 3 is 2.58 bits per heavy atom. The number of benzene rings is 1. The second-order valence-corrected chi connectivity index (χ2v) is 6.52. The quantitative estimate of drug-likeness (QED) is 0.886. The number of hydrogen-bond acceptors (Lipinski definition) is 4. The van der Waals surface area contributed by atoms with Crippen LogP contribution in [-0.2, 0) is 11.2 Å². The Bertz CT molecular complexity index is 656. The molecule has 1 aromatic carbocycles.